The maximum absolute atomic E-state index is 12.1. The summed E-state index contributed by atoms with van der Waals surface area (Å²) in [5, 5.41) is 20.4. The highest BCUT2D eigenvalue weighted by Crippen LogP contribution is 2.34. The molecule has 1 fully saturated rings. The van der Waals surface area contributed by atoms with Crippen molar-refractivity contribution < 1.29 is 14.6 Å². The van der Waals surface area contributed by atoms with Crippen molar-refractivity contribution in [3.63, 3.8) is 0 Å². The SMILES string of the molecule is CCOC(=O)c1ccc(N=NN2CCCC2)c(-c2ccccc2CO)c1. The van der Waals surface area contributed by atoms with E-state index < -0.39 is 0 Å². The Morgan fingerprint density at radius 2 is 1.92 bits per heavy atom. The van der Waals surface area contributed by atoms with E-state index >= 15 is 0 Å². The Labute approximate surface area is 153 Å². The molecule has 2 aromatic carbocycles. The predicted octanol–water partition coefficient (Wildman–Crippen LogP) is 4.12. The summed E-state index contributed by atoms with van der Waals surface area (Å²) in [6.45, 7) is 3.82. The third-order valence-corrected chi connectivity index (χ3v) is 4.35. The van der Waals surface area contributed by atoms with Gasteiger partial charge in [-0.1, -0.05) is 29.5 Å². The zero-order valence-corrected chi connectivity index (χ0v) is 14.9. The highest BCUT2D eigenvalue weighted by atomic mass is 16.5. The minimum Gasteiger partial charge on any atom is -0.462 e. The molecule has 0 spiro atoms. The van der Waals surface area contributed by atoms with E-state index in [4.69, 9.17) is 4.74 Å². The Balaban J connectivity index is 2.03. The monoisotopic (exact) mass is 353 g/mol. The third-order valence-electron chi connectivity index (χ3n) is 4.35. The first-order chi connectivity index (χ1) is 12.7. The van der Waals surface area contributed by atoms with E-state index in [1.807, 2.05) is 29.3 Å². The maximum Gasteiger partial charge on any atom is 0.338 e. The molecule has 0 aliphatic carbocycles. The van der Waals surface area contributed by atoms with E-state index in [1.165, 1.54) is 0 Å². The summed E-state index contributed by atoms with van der Waals surface area (Å²) in [6, 6.07) is 12.8. The van der Waals surface area contributed by atoms with Gasteiger partial charge in [-0.25, -0.2) is 4.79 Å². The molecule has 0 amide bonds. The average Bonchev–Trinajstić information content (AvgIpc) is 3.20. The number of carbonyl (C=O) groups is 1. The molecule has 0 atom stereocenters. The van der Waals surface area contributed by atoms with Gasteiger partial charge in [0.15, 0.2) is 0 Å². The highest BCUT2D eigenvalue weighted by Gasteiger charge is 2.15. The molecule has 6 nitrogen and oxygen atoms in total. The van der Waals surface area contributed by atoms with Crippen molar-refractivity contribution in [2.45, 2.75) is 26.4 Å². The summed E-state index contributed by atoms with van der Waals surface area (Å²) < 4.78 is 5.11. The Morgan fingerprint density at radius 1 is 1.15 bits per heavy atom. The number of benzene rings is 2. The van der Waals surface area contributed by atoms with Gasteiger partial charge in [-0.2, -0.15) is 0 Å². The van der Waals surface area contributed by atoms with Gasteiger partial charge in [0.25, 0.3) is 0 Å². The van der Waals surface area contributed by atoms with Crippen molar-refractivity contribution in [2.24, 2.45) is 10.3 Å². The van der Waals surface area contributed by atoms with E-state index in [9.17, 15) is 9.90 Å². The number of ether oxygens (including phenoxy) is 1. The lowest BCUT2D eigenvalue weighted by atomic mass is 9.97. The highest BCUT2D eigenvalue weighted by molar-refractivity contribution is 5.93. The Kier molecular flexibility index (Phi) is 5.96. The zero-order valence-electron chi connectivity index (χ0n) is 14.9. The number of hydrogen-bond acceptors (Lipinski definition) is 5. The molecule has 1 aliphatic rings. The summed E-state index contributed by atoms with van der Waals surface area (Å²) >= 11 is 0. The number of nitrogens with zero attached hydrogens (tertiary/aromatic N) is 3. The standard InChI is InChI=1S/C20H23N3O3/c1-2-26-20(25)15-9-10-19(21-22-23-11-5-6-12-23)18(13-15)17-8-4-3-7-16(17)14-24/h3-4,7-10,13,24H,2,5-6,11-12,14H2,1H3. The Hall–Kier alpha value is -2.73. The van der Waals surface area contributed by atoms with Crippen LogP contribution in [0.15, 0.2) is 52.8 Å². The van der Waals surface area contributed by atoms with Crippen LogP contribution in [-0.4, -0.2) is 35.8 Å². The van der Waals surface area contributed by atoms with Crippen LogP contribution in [0.5, 0.6) is 0 Å². The van der Waals surface area contributed by atoms with Gasteiger partial charge in [-0.3, -0.25) is 5.01 Å². The fraction of sp³-hybridized carbons (Fsp3) is 0.350. The van der Waals surface area contributed by atoms with Gasteiger partial charge in [0.2, 0.25) is 0 Å². The van der Waals surface area contributed by atoms with Crippen molar-refractivity contribution in [3.8, 4) is 11.1 Å². The molecule has 136 valence electrons. The quantitative estimate of drug-likeness (QED) is 0.626. The first-order valence-electron chi connectivity index (χ1n) is 8.90. The first kappa shape index (κ1) is 18.1. The van der Waals surface area contributed by atoms with Crippen molar-refractivity contribution in [3.05, 3.63) is 53.6 Å². The van der Waals surface area contributed by atoms with Gasteiger partial charge < -0.3 is 9.84 Å². The molecule has 2 aromatic rings. The molecule has 3 rings (SSSR count). The smallest absolute Gasteiger partial charge is 0.338 e. The average molecular weight is 353 g/mol. The van der Waals surface area contributed by atoms with E-state index in [1.54, 1.807) is 25.1 Å². The molecular formula is C20H23N3O3. The molecule has 1 aliphatic heterocycles. The molecule has 1 saturated heterocycles. The van der Waals surface area contributed by atoms with Crippen molar-refractivity contribution in [1.82, 2.24) is 5.01 Å². The second kappa shape index (κ2) is 8.58. The van der Waals surface area contributed by atoms with Crippen LogP contribution in [0, 0.1) is 0 Å². The lowest BCUT2D eigenvalue weighted by Crippen LogP contribution is -2.09. The second-order valence-electron chi connectivity index (χ2n) is 6.12. The molecule has 26 heavy (non-hydrogen) atoms. The molecule has 0 unspecified atom stereocenters. The van der Waals surface area contributed by atoms with Crippen molar-refractivity contribution in [1.29, 1.82) is 0 Å². The number of rotatable bonds is 6. The van der Waals surface area contributed by atoms with Gasteiger partial charge in [0, 0.05) is 18.7 Å². The molecule has 1 heterocycles. The summed E-state index contributed by atoms with van der Waals surface area (Å²) in [5.41, 5.74) is 3.46. The van der Waals surface area contributed by atoms with Crippen LogP contribution in [-0.2, 0) is 11.3 Å². The number of aliphatic hydroxyl groups excluding tert-OH is 1. The fourth-order valence-corrected chi connectivity index (χ4v) is 3.00. The van der Waals surface area contributed by atoms with Gasteiger partial charge in [-0.05, 0) is 49.1 Å². The van der Waals surface area contributed by atoms with Gasteiger partial charge in [-0.15, -0.1) is 5.11 Å². The minimum atomic E-state index is -0.377. The van der Waals surface area contributed by atoms with Crippen LogP contribution in [0.4, 0.5) is 5.69 Å². The van der Waals surface area contributed by atoms with Gasteiger partial charge in [0.1, 0.15) is 0 Å². The number of esters is 1. The molecule has 6 heteroatoms. The molecular weight excluding hydrogens is 330 g/mol. The summed E-state index contributed by atoms with van der Waals surface area (Å²) in [4.78, 5) is 12.1. The van der Waals surface area contributed by atoms with E-state index in [-0.39, 0.29) is 12.6 Å². The van der Waals surface area contributed by atoms with Crippen LogP contribution in [0.1, 0.15) is 35.7 Å². The third kappa shape index (κ3) is 4.08. The van der Waals surface area contributed by atoms with Crippen LogP contribution in [0.2, 0.25) is 0 Å². The zero-order chi connectivity index (χ0) is 18.4. The van der Waals surface area contributed by atoms with Crippen molar-refractivity contribution in [2.75, 3.05) is 19.7 Å². The van der Waals surface area contributed by atoms with E-state index in [0.717, 1.165) is 42.6 Å². The molecule has 0 radical (unpaired) electrons. The predicted molar refractivity (Wildman–Crippen MR) is 99.1 cm³/mol. The number of aliphatic hydroxyl groups is 1. The summed E-state index contributed by atoms with van der Waals surface area (Å²) in [7, 11) is 0. The molecule has 0 saturated carbocycles. The van der Waals surface area contributed by atoms with Crippen molar-refractivity contribution >= 4 is 11.7 Å². The normalized spacial score (nSPS) is 14.2. The van der Waals surface area contributed by atoms with Gasteiger partial charge in [0.05, 0.1) is 24.5 Å². The largest absolute Gasteiger partial charge is 0.462 e. The summed E-state index contributed by atoms with van der Waals surface area (Å²) in [6.07, 6.45) is 2.25. The minimum absolute atomic E-state index is 0.0947. The van der Waals surface area contributed by atoms with E-state index in [2.05, 4.69) is 10.3 Å². The Morgan fingerprint density at radius 3 is 2.65 bits per heavy atom. The first-order valence-corrected chi connectivity index (χ1v) is 8.90. The fourth-order valence-electron chi connectivity index (χ4n) is 3.00. The lowest BCUT2D eigenvalue weighted by molar-refractivity contribution is 0.0526. The lowest BCUT2D eigenvalue weighted by Gasteiger charge is -2.13. The van der Waals surface area contributed by atoms with E-state index in [0.29, 0.717) is 17.9 Å². The summed E-state index contributed by atoms with van der Waals surface area (Å²) in [5.74, 6) is -0.377. The van der Waals surface area contributed by atoms with Crippen LogP contribution >= 0.6 is 0 Å². The molecule has 0 bridgehead atoms. The number of carbonyl (C=O) groups excluding carboxylic acids is 1. The van der Waals surface area contributed by atoms with Crippen LogP contribution in [0.25, 0.3) is 11.1 Å². The maximum atomic E-state index is 12.1. The van der Waals surface area contributed by atoms with Gasteiger partial charge >= 0.3 is 5.97 Å². The molecule has 0 aromatic heterocycles. The second-order valence-corrected chi connectivity index (χ2v) is 6.12. The number of hydrogen-bond donors (Lipinski definition) is 1. The topological polar surface area (TPSA) is 74.5 Å². The Bertz CT molecular complexity index is 799. The van der Waals surface area contributed by atoms with Crippen LogP contribution < -0.4 is 0 Å². The van der Waals surface area contributed by atoms with Crippen LogP contribution in [0.3, 0.4) is 0 Å². The molecule has 1 N–H and O–H groups in total.